The van der Waals surface area contributed by atoms with Crippen molar-refractivity contribution in [1.82, 2.24) is 0 Å². The van der Waals surface area contributed by atoms with E-state index in [0.29, 0.717) is 21.6 Å². The van der Waals surface area contributed by atoms with Gasteiger partial charge in [0.15, 0.2) is 5.76 Å². The van der Waals surface area contributed by atoms with Gasteiger partial charge in [0.2, 0.25) is 11.2 Å². The van der Waals surface area contributed by atoms with Crippen LogP contribution in [-0.4, -0.2) is 6.61 Å². The van der Waals surface area contributed by atoms with E-state index < -0.39 is 0 Å². The van der Waals surface area contributed by atoms with Crippen LogP contribution in [-0.2, 0) is 0 Å². The fraction of sp³-hybridized carbons (Fsp3) is 0.0625. The zero-order valence-corrected chi connectivity index (χ0v) is 11.5. The minimum atomic E-state index is -0.329. The van der Waals surface area contributed by atoms with Crippen LogP contribution in [0, 0.1) is 12.3 Å². The molecule has 2 heterocycles. The predicted molar refractivity (Wildman–Crippen MR) is 79.5 cm³/mol. The molecule has 4 nitrogen and oxygen atoms in total. The number of hydrogen-bond acceptors (Lipinski definition) is 4. The first-order valence-electron chi connectivity index (χ1n) is 6.06. The van der Waals surface area contributed by atoms with Crippen molar-refractivity contribution >= 4 is 22.6 Å². The Bertz CT molecular complexity index is 885. The lowest BCUT2D eigenvalue weighted by molar-refractivity contribution is 0.358. The molecule has 0 bridgehead atoms. The van der Waals surface area contributed by atoms with E-state index >= 15 is 0 Å². The maximum absolute atomic E-state index is 12.6. The summed E-state index contributed by atoms with van der Waals surface area (Å²) < 4.78 is 16.1. The van der Waals surface area contributed by atoms with Crippen LogP contribution in [0.5, 0.6) is 5.75 Å². The fourth-order valence-corrected chi connectivity index (χ4v) is 2.15. The number of halogens is 1. The van der Waals surface area contributed by atoms with Crippen LogP contribution in [0.3, 0.4) is 0 Å². The first-order valence-corrected chi connectivity index (χ1v) is 6.43. The van der Waals surface area contributed by atoms with Gasteiger partial charge in [-0.2, -0.15) is 0 Å². The highest BCUT2D eigenvalue weighted by atomic mass is 35.5. The molecule has 104 valence electrons. The number of fused-ring (bicyclic) bond motifs is 1. The summed E-state index contributed by atoms with van der Waals surface area (Å²) in [4.78, 5) is 12.6. The smallest absolute Gasteiger partial charge is 0.235 e. The summed E-state index contributed by atoms with van der Waals surface area (Å²) in [5.41, 5.74) is 0.676. The summed E-state index contributed by atoms with van der Waals surface area (Å²) in [6.07, 6.45) is 8.12. The highest BCUT2D eigenvalue weighted by Crippen LogP contribution is 2.31. The van der Waals surface area contributed by atoms with Crippen LogP contribution in [0.25, 0.3) is 22.3 Å². The number of hydrogen-bond donors (Lipinski definition) is 0. The highest BCUT2D eigenvalue weighted by molar-refractivity contribution is 6.31. The molecule has 0 N–H and O–H groups in total. The fourth-order valence-electron chi connectivity index (χ4n) is 1.98. The average Bonchev–Trinajstić information content (AvgIpc) is 3.01. The maximum Gasteiger partial charge on any atom is 0.235 e. The van der Waals surface area contributed by atoms with Crippen molar-refractivity contribution < 1.29 is 13.6 Å². The molecular weight excluding hydrogens is 292 g/mol. The number of ether oxygens (including phenoxy) is 1. The highest BCUT2D eigenvalue weighted by Gasteiger charge is 2.18. The molecule has 0 fully saturated rings. The number of terminal acetylenes is 1. The molecule has 0 aliphatic rings. The molecule has 21 heavy (non-hydrogen) atoms. The van der Waals surface area contributed by atoms with Gasteiger partial charge < -0.3 is 13.6 Å². The number of furan rings is 1. The zero-order valence-electron chi connectivity index (χ0n) is 10.8. The van der Waals surface area contributed by atoms with Gasteiger partial charge in [-0.05, 0) is 24.3 Å². The van der Waals surface area contributed by atoms with Gasteiger partial charge in [0.05, 0.1) is 17.2 Å². The normalized spacial score (nSPS) is 10.5. The van der Waals surface area contributed by atoms with Crippen molar-refractivity contribution in [3.8, 4) is 29.4 Å². The van der Waals surface area contributed by atoms with Crippen LogP contribution < -0.4 is 10.2 Å². The molecule has 3 rings (SSSR count). The van der Waals surface area contributed by atoms with Crippen LogP contribution >= 0.6 is 11.6 Å². The quantitative estimate of drug-likeness (QED) is 0.692. The molecule has 0 aliphatic carbocycles. The molecule has 0 amide bonds. The summed E-state index contributed by atoms with van der Waals surface area (Å²) in [5, 5.41) is 0.774. The van der Waals surface area contributed by atoms with Gasteiger partial charge in [-0.1, -0.05) is 17.5 Å². The van der Waals surface area contributed by atoms with E-state index in [1.165, 1.54) is 18.6 Å². The predicted octanol–water partition coefficient (Wildman–Crippen LogP) is 3.72. The van der Waals surface area contributed by atoms with Crippen molar-refractivity contribution in [3.63, 3.8) is 0 Å². The lowest BCUT2D eigenvalue weighted by atomic mass is 10.1. The van der Waals surface area contributed by atoms with Crippen LogP contribution in [0.15, 0.2) is 50.4 Å². The summed E-state index contributed by atoms with van der Waals surface area (Å²) in [6.45, 7) is -0.0400. The topological polar surface area (TPSA) is 52.6 Å². The van der Waals surface area contributed by atoms with Gasteiger partial charge in [-0.15, -0.1) is 6.42 Å². The minimum Gasteiger partial charge on any atom is -0.473 e. The first kappa shape index (κ1) is 13.3. The van der Waals surface area contributed by atoms with Crippen molar-refractivity contribution in [2.45, 2.75) is 0 Å². The molecule has 1 aromatic carbocycles. The van der Waals surface area contributed by atoms with Crippen LogP contribution in [0.4, 0.5) is 0 Å². The Labute approximate surface area is 124 Å². The SMILES string of the molecule is C#CCOc1c(-c2ccoc2)oc2ccc(Cl)cc2c1=O. The van der Waals surface area contributed by atoms with E-state index in [-0.39, 0.29) is 23.5 Å². The third-order valence-corrected chi connectivity index (χ3v) is 3.13. The molecular formula is C16H9ClO4. The van der Waals surface area contributed by atoms with E-state index in [1.54, 1.807) is 18.2 Å². The molecule has 0 aliphatic heterocycles. The maximum atomic E-state index is 12.6. The molecule has 3 aromatic rings. The summed E-state index contributed by atoms with van der Waals surface area (Å²) in [5.74, 6) is 2.65. The van der Waals surface area contributed by atoms with Crippen molar-refractivity contribution in [3.05, 3.63) is 52.0 Å². The summed E-state index contributed by atoms with van der Waals surface area (Å²) in [7, 11) is 0. The molecule has 0 spiro atoms. The van der Waals surface area contributed by atoms with Crippen molar-refractivity contribution in [2.75, 3.05) is 6.61 Å². The van der Waals surface area contributed by atoms with Gasteiger partial charge in [0, 0.05) is 5.02 Å². The van der Waals surface area contributed by atoms with Gasteiger partial charge >= 0.3 is 0 Å². The second kappa shape index (κ2) is 5.39. The van der Waals surface area contributed by atoms with Gasteiger partial charge in [0.25, 0.3) is 0 Å². The minimum absolute atomic E-state index is 0.0400. The lowest BCUT2D eigenvalue weighted by Crippen LogP contribution is -2.10. The Balaban J connectivity index is 2.32. The molecule has 0 saturated heterocycles. The van der Waals surface area contributed by atoms with E-state index in [9.17, 15) is 4.79 Å². The third-order valence-electron chi connectivity index (χ3n) is 2.89. The third kappa shape index (κ3) is 2.39. The molecule has 0 saturated carbocycles. The Morgan fingerprint density at radius 3 is 2.90 bits per heavy atom. The van der Waals surface area contributed by atoms with E-state index in [1.807, 2.05) is 0 Å². The number of benzene rings is 1. The summed E-state index contributed by atoms with van der Waals surface area (Å²) >= 11 is 5.92. The van der Waals surface area contributed by atoms with Gasteiger partial charge in [0.1, 0.15) is 18.5 Å². The monoisotopic (exact) mass is 300 g/mol. The largest absolute Gasteiger partial charge is 0.473 e. The molecule has 2 aromatic heterocycles. The van der Waals surface area contributed by atoms with E-state index in [2.05, 4.69) is 5.92 Å². The van der Waals surface area contributed by atoms with E-state index in [4.69, 9.17) is 31.6 Å². The van der Waals surface area contributed by atoms with Crippen LogP contribution in [0.2, 0.25) is 5.02 Å². The Morgan fingerprint density at radius 2 is 2.19 bits per heavy atom. The van der Waals surface area contributed by atoms with Crippen LogP contribution in [0.1, 0.15) is 0 Å². The molecule has 0 atom stereocenters. The summed E-state index contributed by atoms with van der Waals surface area (Å²) in [6, 6.07) is 6.48. The number of rotatable bonds is 3. The molecule has 0 radical (unpaired) electrons. The van der Waals surface area contributed by atoms with Gasteiger partial charge in [-0.3, -0.25) is 4.79 Å². The molecule has 0 unspecified atom stereocenters. The first-order chi connectivity index (χ1) is 10.2. The Kier molecular flexibility index (Phi) is 3.43. The lowest BCUT2D eigenvalue weighted by Gasteiger charge is -2.08. The Morgan fingerprint density at radius 1 is 1.33 bits per heavy atom. The average molecular weight is 301 g/mol. The van der Waals surface area contributed by atoms with Crippen molar-refractivity contribution in [2.24, 2.45) is 0 Å². The van der Waals surface area contributed by atoms with Crippen molar-refractivity contribution in [1.29, 1.82) is 0 Å². The van der Waals surface area contributed by atoms with Gasteiger partial charge in [-0.25, -0.2) is 0 Å². The second-order valence-corrected chi connectivity index (χ2v) is 4.67. The Hall–Kier alpha value is -2.64. The molecule has 5 heteroatoms. The second-order valence-electron chi connectivity index (χ2n) is 4.23. The standard InChI is InChI=1S/C16H9ClO4/c1-2-6-20-16-14(18)12-8-11(17)3-4-13(12)21-15(16)10-5-7-19-9-10/h1,3-5,7-9H,6H2. The zero-order chi connectivity index (χ0) is 14.8. The van der Waals surface area contributed by atoms with E-state index in [0.717, 1.165) is 0 Å².